The topological polar surface area (TPSA) is 49.8 Å². The molecule has 0 unspecified atom stereocenters. The van der Waals surface area contributed by atoms with Gasteiger partial charge in [-0.25, -0.2) is 4.79 Å². The second kappa shape index (κ2) is 3.27. The van der Waals surface area contributed by atoms with E-state index in [4.69, 9.17) is 5.26 Å². The Morgan fingerprint density at radius 1 is 1.54 bits per heavy atom. The molecule has 2 rings (SSSR count). The maximum absolute atomic E-state index is 11.0. The molecule has 0 bridgehead atoms. The van der Waals surface area contributed by atoms with Gasteiger partial charge in [-0.1, -0.05) is 12.1 Å². The Hall–Kier alpha value is -1.20. The number of carbonyl (C=O) groups is 1. The molecule has 0 atom stereocenters. The predicted molar refractivity (Wildman–Crippen MR) is 48.8 cm³/mol. The van der Waals surface area contributed by atoms with E-state index in [1.54, 1.807) is 0 Å². The van der Waals surface area contributed by atoms with E-state index in [0.717, 1.165) is 10.6 Å². The van der Waals surface area contributed by atoms with Crippen molar-refractivity contribution in [2.24, 2.45) is 0 Å². The molecule has 1 aromatic rings. The number of benzene rings is 1. The summed E-state index contributed by atoms with van der Waals surface area (Å²) >= 11 is 1.53. The standard InChI is InChI=1S/C8H7NO3S/c10-8(12-11)9-5-13-7-4-2-1-3-6(7)9/h1-4,11H,5H2. The number of thioether (sulfide) groups is 1. The minimum atomic E-state index is -0.738. The summed E-state index contributed by atoms with van der Waals surface area (Å²) in [5.41, 5.74) is 0.784. The first-order chi connectivity index (χ1) is 6.33. The van der Waals surface area contributed by atoms with Gasteiger partial charge >= 0.3 is 6.09 Å². The maximum atomic E-state index is 11.0. The fourth-order valence-electron chi connectivity index (χ4n) is 1.21. The van der Waals surface area contributed by atoms with Crippen molar-refractivity contribution in [3.05, 3.63) is 24.3 Å². The molecule has 1 aliphatic rings. The summed E-state index contributed by atoms with van der Waals surface area (Å²) in [4.78, 5) is 17.1. The summed E-state index contributed by atoms with van der Waals surface area (Å²) in [6.07, 6.45) is -0.738. The van der Waals surface area contributed by atoms with Gasteiger partial charge in [0.15, 0.2) is 0 Å². The number of carbonyl (C=O) groups excluding carboxylic acids is 1. The monoisotopic (exact) mass is 197 g/mol. The van der Waals surface area contributed by atoms with Crippen LogP contribution < -0.4 is 4.90 Å². The number of anilines is 1. The summed E-state index contributed by atoms with van der Waals surface area (Å²) < 4.78 is 0. The van der Waals surface area contributed by atoms with Crippen LogP contribution in [-0.2, 0) is 4.89 Å². The van der Waals surface area contributed by atoms with Gasteiger partial charge in [-0.15, -0.1) is 11.8 Å². The van der Waals surface area contributed by atoms with E-state index < -0.39 is 6.09 Å². The van der Waals surface area contributed by atoms with Crippen molar-refractivity contribution in [2.75, 3.05) is 10.8 Å². The van der Waals surface area contributed by atoms with E-state index in [1.807, 2.05) is 24.3 Å². The summed E-state index contributed by atoms with van der Waals surface area (Å²) in [7, 11) is 0. The van der Waals surface area contributed by atoms with E-state index in [0.29, 0.717) is 5.88 Å². The summed E-state index contributed by atoms with van der Waals surface area (Å²) in [5.74, 6) is 0.485. The fourth-order valence-corrected chi connectivity index (χ4v) is 2.22. The Morgan fingerprint density at radius 2 is 2.31 bits per heavy atom. The molecule has 1 amide bonds. The van der Waals surface area contributed by atoms with Crippen molar-refractivity contribution in [1.82, 2.24) is 0 Å². The molecular weight excluding hydrogens is 190 g/mol. The normalized spacial score (nSPS) is 14.1. The van der Waals surface area contributed by atoms with Crippen LogP contribution in [0, 0.1) is 0 Å². The Labute approximate surface area is 79.0 Å². The third-order valence-corrected chi connectivity index (χ3v) is 2.85. The van der Waals surface area contributed by atoms with Crippen LogP contribution in [0.3, 0.4) is 0 Å². The minimum absolute atomic E-state index is 0.485. The van der Waals surface area contributed by atoms with E-state index in [9.17, 15) is 4.79 Å². The second-order valence-corrected chi connectivity index (χ2v) is 3.51. The quantitative estimate of drug-likeness (QED) is 0.511. The first-order valence-corrected chi connectivity index (χ1v) is 4.66. The molecular formula is C8H7NO3S. The Balaban J connectivity index is 2.33. The van der Waals surface area contributed by atoms with E-state index >= 15 is 0 Å². The molecule has 5 heteroatoms. The molecule has 68 valence electrons. The molecule has 0 fully saturated rings. The number of para-hydroxylation sites is 1. The van der Waals surface area contributed by atoms with Crippen LogP contribution in [-0.4, -0.2) is 17.2 Å². The zero-order valence-corrected chi connectivity index (χ0v) is 7.45. The number of hydrogen-bond donors (Lipinski definition) is 1. The summed E-state index contributed by atoms with van der Waals surface area (Å²) in [5, 5.41) is 8.22. The Morgan fingerprint density at radius 3 is 3.08 bits per heavy atom. The highest BCUT2D eigenvalue weighted by Gasteiger charge is 2.25. The molecule has 0 aromatic heterocycles. The zero-order chi connectivity index (χ0) is 9.26. The SMILES string of the molecule is O=C(OO)N1CSc2ccccc21. The van der Waals surface area contributed by atoms with Gasteiger partial charge in [0.25, 0.3) is 0 Å². The Kier molecular flexibility index (Phi) is 2.12. The van der Waals surface area contributed by atoms with Crippen LogP contribution in [0.5, 0.6) is 0 Å². The molecule has 1 aromatic carbocycles. The smallest absolute Gasteiger partial charge is 0.278 e. The largest absolute Gasteiger partial charge is 0.446 e. The van der Waals surface area contributed by atoms with Gasteiger partial charge in [0.1, 0.15) is 0 Å². The van der Waals surface area contributed by atoms with Crippen molar-refractivity contribution in [3.8, 4) is 0 Å². The van der Waals surface area contributed by atoms with E-state index in [2.05, 4.69) is 4.89 Å². The molecule has 4 nitrogen and oxygen atoms in total. The molecule has 1 N–H and O–H groups in total. The predicted octanol–water partition coefficient (Wildman–Crippen LogP) is 2.17. The van der Waals surface area contributed by atoms with Gasteiger partial charge in [-0.05, 0) is 12.1 Å². The molecule has 0 spiro atoms. The van der Waals surface area contributed by atoms with Crippen LogP contribution in [0.15, 0.2) is 29.2 Å². The minimum Gasteiger partial charge on any atom is -0.278 e. The zero-order valence-electron chi connectivity index (χ0n) is 6.64. The molecule has 0 saturated heterocycles. The van der Waals surface area contributed by atoms with Crippen LogP contribution in [0.25, 0.3) is 0 Å². The molecule has 0 radical (unpaired) electrons. The number of rotatable bonds is 0. The van der Waals surface area contributed by atoms with Crippen LogP contribution >= 0.6 is 11.8 Å². The summed E-state index contributed by atoms with van der Waals surface area (Å²) in [6, 6.07) is 7.47. The van der Waals surface area contributed by atoms with Crippen molar-refractivity contribution in [3.63, 3.8) is 0 Å². The van der Waals surface area contributed by atoms with Gasteiger partial charge in [0.2, 0.25) is 0 Å². The highest BCUT2D eigenvalue weighted by atomic mass is 32.2. The third kappa shape index (κ3) is 1.36. The molecule has 13 heavy (non-hydrogen) atoms. The lowest BCUT2D eigenvalue weighted by Crippen LogP contribution is -2.27. The molecule has 1 heterocycles. The lowest BCUT2D eigenvalue weighted by Gasteiger charge is -2.11. The van der Waals surface area contributed by atoms with Gasteiger partial charge in [-0.3, -0.25) is 9.79 Å². The molecule has 0 saturated carbocycles. The van der Waals surface area contributed by atoms with Crippen molar-refractivity contribution in [1.29, 1.82) is 0 Å². The van der Waals surface area contributed by atoms with Crippen molar-refractivity contribution < 1.29 is 14.9 Å². The maximum Gasteiger partial charge on any atom is 0.446 e. The van der Waals surface area contributed by atoms with Crippen LogP contribution in [0.1, 0.15) is 0 Å². The van der Waals surface area contributed by atoms with Crippen LogP contribution in [0.4, 0.5) is 10.5 Å². The average Bonchev–Trinajstić information content (AvgIpc) is 2.60. The lowest BCUT2D eigenvalue weighted by atomic mass is 10.3. The second-order valence-electron chi connectivity index (χ2n) is 2.53. The Bertz CT molecular complexity index is 342. The highest BCUT2D eigenvalue weighted by molar-refractivity contribution is 8.00. The highest BCUT2D eigenvalue weighted by Crippen LogP contribution is 2.38. The first-order valence-electron chi connectivity index (χ1n) is 3.67. The molecule has 1 aliphatic heterocycles. The first kappa shape index (κ1) is 8.40. The lowest BCUT2D eigenvalue weighted by molar-refractivity contribution is -0.174. The number of amides is 1. The summed E-state index contributed by atoms with van der Waals surface area (Å²) in [6.45, 7) is 0. The van der Waals surface area contributed by atoms with Crippen molar-refractivity contribution in [2.45, 2.75) is 4.90 Å². The average molecular weight is 197 g/mol. The van der Waals surface area contributed by atoms with E-state index in [1.165, 1.54) is 16.7 Å². The van der Waals surface area contributed by atoms with Crippen LogP contribution in [0.2, 0.25) is 0 Å². The van der Waals surface area contributed by atoms with Gasteiger partial charge < -0.3 is 0 Å². The van der Waals surface area contributed by atoms with Gasteiger partial charge in [0.05, 0.1) is 11.6 Å². The van der Waals surface area contributed by atoms with E-state index in [-0.39, 0.29) is 0 Å². The number of hydrogen-bond acceptors (Lipinski definition) is 4. The fraction of sp³-hybridized carbons (Fsp3) is 0.125. The molecule has 0 aliphatic carbocycles. The number of fused-ring (bicyclic) bond motifs is 1. The van der Waals surface area contributed by atoms with Gasteiger partial charge in [0, 0.05) is 4.90 Å². The number of nitrogens with zero attached hydrogens (tertiary/aromatic N) is 1. The third-order valence-electron chi connectivity index (χ3n) is 1.80. The van der Waals surface area contributed by atoms with Crippen molar-refractivity contribution >= 4 is 23.5 Å². The van der Waals surface area contributed by atoms with Gasteiger partial charge in [-0.2, -0.15) is 5.26 Å².